The molecule has 2 aromatic rings. The van der Waals surface area contributed by atoms with E-state index in [9.17, 15) is 18.0 Å². The third-order valence-corrected chi connectivity index (χ3v) is 3.09. The lowest BCUT2D eigenvalue weighted by Crippen LogP contribution is -2.30. The third-order valence-electron chi connectivity index (χ3n) is 3.09. The number of hydrogen-bond acceptors (Lipinski definition) is 2. The number of rotatable bonds is 4. The predicted molar refractivity (Wildman–Crippen MR) is 76.4 cm³/mol. The quantitative estimate of drug-likeness (QED) is 0.929. The fourth-order valence-corrected chi connectivity index (χ4v) is 2.10. The monoisotopic (exact) mass is 309 g/mol. The number of ether oxygens (including phenoxy) is 1. The van der Waals surface area contributed by atoms with E-state index in [4.69, 9.17) is 4.74 Å². The van der Waals surface area contributed by atoms with Gasteiger partial charge in [-0.05, 0) is 11.6 Å². The third kappa shape index (κ3) is 3.65. The van der Waals surface area contributed by atoms with Gasteiger partial charge in [-0.3, -0.25) is 4.79 Å². The molecule has 1 N–H and O–H groups in total. The van der Waals surface area contributed by atoms with Gasteiger partial charge in [0.15, 0.2) is 0 Å². The van der Waals surface area contributed by atoms with Gasteiger partial charge < -0.3 is 10.1 Å². The Bertz CT molecular complexity index is 641. The van der Waals surface area contributed by atoms with E-state index in [0.717, 1.165) is 5.56 Å². The number of nitrogens with one attached hydrogen (secondary N) is 1. The van der Waals surface area contributed by atoms with Crippen LogP contribution in [0.25, 0.3) is 0 Å². The molecular formula is C16H14F3NO2. The zero-order chi connectivity index (χ0) is 16.2. The van der Waals surface area contributed by atoms with Crippen molar-refractivity contribution < 1.29 is 22.7 Å². The van der Waals surface area contributed by atoms with E-state index in [1.165, 1.54) is 13.2 Å². The summed E-state index contributed by atoms with van der Waals surface area (Å²) < 4.78 is 42.7. The number of benzene rings is 2. The second-order valence-corrected chi connectivity index (χ2v) is 4.57. The molecule has 0 aliphatic carbocycles. The summed E-state index contributed by atoms with van der Waals surface area (Å²) in [4.78, 5) is 11.2. The molecule has 2 rings (SSSR count). The van der Waals surface area contributed by atoms with Gasteiger partial charge in [-0.1, -0.05) is 48.5 Å². The molecule has 0 saturated carbocycles. The van der Waals surface area contributed by atoms with Crippen LogP contribution in [-0.2, 0) is 9.53 Å². The van der Waals surface area contributed by atoms with Crippen molar-refractivity contribution in [1.82, 2.24) is 0 Å². The number of alkyl halides is 3. The number of hydrogen-bond donors (Lipinski definition) is 1. The molecule has 0 heterocycles. The standard InChI is InChI=1S/C16H14F3NO2/c1-22-14(11-7-3-2-4-8-11)12-9-5-6-10-13(12)20-15(21)16(17,18)19/h2-10,14H,1H3,(H,20,21). The van der Waals surface area contributed by atoms with E-state index in [2.05, 4.69) is 0 Å². The van der Waals surface area contributed by atoms with Gasteiger partial charge in [-0.2, -0.15) is 13.2 Å². The molecule has 0 radical (unpaired) electrons. The van der Waals surface area contributed by atoms with Gasteiger partial charge >= 0.3 is 12.1 Å². The van der Waals surface area contributed by atoms with Gasteiger partial charge in [-0.15, -0.1) is 0 Å². The molecule has 116 valence electrons. The number of para-hydroxylation sites is 1. The Balaban J connectivity index is 2.37. The molecule has 1 atom stereocenters. The van der Waals surface area contributed by atoms with Crippen LogP contribution in [0, 0.1) is 0 Å². The van der Waals surface area contributed by atoms with Gasteiger partial charge in [-0.25, -0.2) is 0 Å². The summed E-state index contributed by atoms with van der Waals surface area (Å²) in [6.07, 6.45) is -5.52. The zero-order valence-corrected chi connectivity index (χ0v) is 11.7. The van der Waals surface area contributed by atoms with Gasteiger partial charge in [0.05, 0.1) is 0 Å². The van der Waals surface area contributed by atoms with E-state index in [1.54, 1.807) is 42.5 Å². The highest BCUT2D eigenvalue weighted by molar-refractivity contribution is 5.95. The summed E-state index contributed by atoms with van der Waals surface area (Å²) in [6.45, 7) is 0. The first-order valence-electron chi connectivity index (χ1n) is 6.48. The molecule has 0 saturated heterocycles. The lowest BCUT2D eigenvalue weighted by molar-refractivity contribution is -0.167. The van der Waals surface area contributed by atoms with Crippen LogP contribution in [0.2, 0.25) is 0 Å². The SMILES string of the molecule is COC(c1ccccc1)c1ccccc1NC(=O)C(F)(F)F. The molecule has 0 spiro atoms. The van der Waals surface area contributed by atoms with Crippen LogP contribution in [0.4, 0.5) is 18.9 Å². The Morgan fingerprint density at radius 2 is 1.64 bits per heavy atom. The van der Waals surface area contributed by atoms with Gasteiger partial charge in [0.2, 0.25) is 0 Å². The van der Waals surface area contributed by atoms with Crippen molar-refractivity contribution in [2.75, 3.05) is 12.4 Å². The Hall–Kier alpha value is -2.34. The molecule has 22 heavy (non-hydrogen) atoms. The van der Waals surface area contributed by atoms with Crippen molar-refractivity contribution >= 4 is 11.6 Å². The Morgan fingerprint density at radius 1 is 1.05 bits per heavy atom. The van der Waals surface area contributed by atoms with Crippen molar-refractivity contribution in [2.45, 2.75) is 12.3 Å². The highest BCUT2D eigenvalue weighted by Crippen LogP contribution is 2.31. The smallest absolute Gasteiger partial charge is 0.372 e. The van der Waals surface area contributed by atoms with Crippen molar-refractivity contribution in [3.05, 3.63) is 65.7 Å². The maximum atomic E-state index is 12.4. The first kappa shape index (κ1) is 16.0. The lowest BCUT2D eigenvalue weighted by Gasteiger charge is -2.20. The molecule has 6 heteroatoms. The topological polar surface area (TPSA) is 38.3 Å². The summed E-state index contributed by atoms with van der Waals surface area (Å²) in [6, 6.07) is 15.3. The number of anilines is 1. The summed E-state index contributed by atoms with van der Waals surface area (Å²) in [5.74, 6) is -2.01. The van der Waals surface area contributed by atoms with Gasteiger partial charge in [0.25, 0.3) is 0 Å². The van der Waals surface area contributed by atoms with Crippen molar-refractivity contribution in [1.29, 1.82) is 0 Å². The van der Waals surface area contributed by atoms with Crippen LogP contribution in [0.3, 0.4) is 0 Å². The Morgan fingerprint density at radius 3 is 2.23 bits per heavy atom. The first-order chi connectivity index (χ1) is 10.4. The minimum absolute atomic E-state index is 0.0699. The summed E-state index contributed by atoms with van der Waals surface area (Å²) >= 11 is 0. The average molecular weight is 309 g/mol. The van der Waals surface area contributed by atoms with Crippen molar-refractivity contribution in [3.8, 4) is 0 Å². The highest BCUT2D eigenvalue weighted by atomic mass is 19.4. The van der Waals surface area contributed by atoms with Crippen LogP contribution in [0.15, 0.2) is 54.6 Å². The number of amides is 1. The van der Waals surface area contributed by atoms with E-state index in [0.29, 0.717) is 5.56 Å². The molecule has 0 fully saturated rings. The minimum atomic E-state index is -4.94. The molecular weight excluding hydrogens is 295 g/mol. The maximum absolute atomic E-state index is 12.4. The van der Waals surface area contributed by atoms with Crippen molar-refractivity contribution in [2.24, 2.45) is 0 Å². The van der Waals surface area contributed by atoms with E-state index < -0.39 is 18.2 Å². The Kier molecular flexibility index (Phi) is 4.82. The number of methoxy groups -OCH3 is 1. The van der Waals surface area contributed by atoms with E-state index >= 15 is 0 Å². The molecule has 0 bridgehead atoms. The van der Waals surface area contributed by atoms with Crippen LogP contribution in [0.5, 0.6) is 0 Å². The molecule has 1 unspecified atom stereocenters. The molecule has 3 nitrogen and oxygen atoms in total. The first-order valence-corrected chi connectivity index (χ1v) is 6.48. The number of carbonyl (C=O) groups is 1. The number of halogens is 3. The van der Waals surface area contributed by atoms with Crippen LogP contribution in [-0.4, -0.2) is 19.2 Å². The predicted octanol–water partition coefficient (Wildman–Crippen LogP) is 3.92. The zero-order valence-electron chi connectivity index (χ0n) is 11.7. The second-order valence-electron chi connectivity index (χ2n) is 4.57. The summed E-state index contributed by atoms with van der Waals surface area (Å²) in [7, 11) is 1.46. The van der Waals surface area contributed by atoms with Crippen LogP contribution >= 0.6 is 0 Å². The average Bonchev–Trinajstić information content (AvgIpc) is 2.50. The fraction of sp³-hybridized carbons (Fsp3) is 0.188. The van der Waals surface area contributed by atoms with Crippen LogP contribution < -0.4 is 5.32 Å². The van der Waals surface area contributed by atoms with Crippen LogP contribution in [0.1, 0.15) is 17.2 Å². The normalized spacial score (nSPS) is 12.7. The summed E-state index contributed by atoms with van der Waals surface area (Å²) in [5, 5.41) is 1.89. The molecule has 0 aromatic heterocycles. The van der Waals surface area contributed by atoms with Gasteiger partial charge in [0, 0.05) is 18.4 Å². The summed E-state index contributed by atoms with van der Waals surface area (Å²) in [5.41, 5.74) is 1.30. The van der Waals surface area contributed by atoms with E-state index in [1.807, 2.05) is 11.4 Å². The molecule has 0 aliphatic rings. The molecule has 1 amide bonds. The van der Waals surface area contributed by atoms with Crippen molar-refractivity contribution in [3.63, 3.8) is 0 Å². The van der Waals surface area contributed by atoms with Gasteiger partial charge in [0.1, 0.15) is 6.10 Å². The highest BCUT2D eigenvalue weighted by Gasteiger charge is 2.39. The lowest BCUT2D eigenvalue weighted by atomic mass is 9.99. The largest absolute Gasteiger partial charge is 0.471 e. The second kappa shape index (κ2) is 6.62. The number of carbonyl (C=O) groups excluding carboxylic acids is 1. The fourth-order valence-electron chi connectivity index (χ4n) is 2.10. The Labute approximate surface area is 125 Å². The van der Waals surface area contributed by atoms with E-state index in [-0.39, 0.29) is 5.69 Å². The minimum Gasteiger partial charge on any atom is -0.372 e. The maximum Gasteiger partial charge on any atom is 0.471 e. The molecule has 0 aliphatic heterocycles. The molecule has 2 aromatic carbocycles.